The van der Waals surface area contributed by atoms with Gasteiger partial charge in [-0.15, -0.1) is 0 Å². The number of carbonyl (C=O) groups is 3. The molecule has 73 heavy (non-hydrogen) atoms. The molecule has 0 spiro atoms. The van der Waals surface area contributed by atoms with Crippen molar-refractivity contribution in [1.82, 2.24) is 9.55 Å². The number of hydrogen-bond donors (Lipinski definition) is 8. The number of aliphatic hydroxyl groups excluding tert-OH is 5. The molecule has 2 fully saturated rings. The van der Waals surface area contributed by atoms with Crippen LogP contribution in [0.5, 0.6) is 0 Å². The van der Waals surface area contributed by atoms with E-state index in [-0.39, 0.29) is 37.9 Å². The lowest BCUT2D eigenvalue weighted by atomic mass is 9.82. The van der Waals surface area contributed by atoms with Crippen molar-refractivity contribution in [3.8, 4) is 0 Å². The minimum atomic E-state index is -5.75. The summed E-state index contributed by atoms with van der Waals surface area (Å²) >= 11 is 0. The van der Waals surface area contributed by atoms with Gasteiger partial charge in [0.1, 0.15) is 36.6 Å². The number of nitrogens with zero attached hydrogens (tertiary/aromatic N) is 2. The first-order valence-corrected chi connectivity index (χ1v) is 29.2. The van der Waals surface area contributed by atoms with Crippen LogP contribution in [0.1, 0.15) is 175 Å². The van der Waals surface area contributed by atoms with Crippen LogP contribution in [0.25, 0.3) is 0 Å². The van der Waals surface area contributed by atoms with Gasteiger partial charge in [0.05, 0.1) is 37.6 Å². The Balaban J connectivity index is 1.80. The third kappa shape index (κ3) is 25.6. The number of phosphoric ester groups is 2. The second kappa shape index (κ2) is 33.9. The molecule has 2 aliphatic rings. The smallest absolute Gasteiger partial charge is 0.462 e. The van der Waals surface area contributed by atoms with E-state index in [1.165, 1.54) is 63.2 Å². The summed E-state index contributed by atoms with van der Waals surface area (Å²) in [6.07, 6.45) is 4.07. The normalized spacial score (nSPS) is 30.3. The van der Waals surface area contributed by atoms with E-state index in [0.717, 1.165) is 55.2 Å². The van der Waals surface area contributed by atoms with Crippen LogP contribution >= 0.6 is 15.6 Å². The maximum atomic E-state index is 13.7. The zero-order valence-corrected chi connectivity index (χ0v) is 44.7. The number of aromatic nitrogens is 2. The SMILES string of the molecule is CCCCC[C@H](O)/C=C\[C@@H]1[C@H](O)[C@H](O)[C@H]2COP(=O)(O)OP(=O)(O)OC[C@@H](COC(=O)CCCCCCCCCCCCCC(C)C)OC(=O)CCCCC(=O)C[C@H]([C@H](n3ccc(N)nc3=O)O2)[C@@H](O)C[C@H]1O. The molecule has 12 atom stereocenters. The van der Waals surface area contributed by atoms with Crippen molar-refractivity contribution in [1.29, 1.82) is 0 Å². The number of fused-ring (bicyclic) bond motifs is 3. The number of unbranched alkanes of at least 4 members (excludes halogenated alkanes) is 12. The summed E-state index contributed by atoms with van der Waals surface area (Å²) in [6, 6.07) is 1.18. The molecule has 0 amide bonds. The Morgan fingerprint density at radius 2 is 1.45 bits per heavy atom. The molecule has 1 aromatic heterocycles. The molecular weight excluding hydrogens is 996 g/mol. The van der Waals surface area contributed by atoms with Crippen LogP contribution in [0.4, 0.5) is 5.82 Å². The van der Waals surface area contributed by atoms with Crippen molar-refractivity contribution in [3.63, 3.8) is 0 Å². The summed E-state index contributed by atoms with van der Waals surface area (Å²) in [4.78, 5) is 77.8. The Bertz CT molecular complexity index is 1970. The lowest BCUT2D eigenvalue weighted by Crippen LogP contribution is -2.52. The van der Waals surface area contributed by atoms with E-state index in [4.69, 9.17) is 29.0 Å². The van der Waals surface area contributed by atoms with Gasteiger partial charge in [-0.25, -0.2) is 13.9 Å². The molecule has 2 bridgehead atoms. The number of nitrogen functional groups attached to an aromatic ring is 1. The van der Waals surface area contributed by atoms with Crippen LogP contribution in [0.2, 0.25) is 0 Å². The fourth-order valence-electron chi connectivity index (χ4n) is 8.78. The average Bonchev–Trinajstić information content (AvgIpc) is 3.31. The maximum Gasteiger partial charge on any atom is 0.481 e. The van der Waals surface area contributed by atoms with Gasteiger partial charge < -0.3 is 55.3 Å². The Kier molecular flexibility index (Phi) is 29.9. The summed E-state index contributed by atoms with van der Waals surface area (Å²) in [5, 5.41) is 57.4. The topological polar surface area (TPSA) is 343 Å². The third-order valence-electron chi connectivity index (χ3n) is 13.0. The number of hydrogen-bond acceptors (Lipinski definition) is 19. The van der Waals surface area contributed by atoms with E-state index >= 15 is 0 Å². The number of carbonyl (C=O) groups excluding carboxylic acids is 3. The van der Waals surface area contributed by atoms with Crippen LogP contribution in [0.3, 0.4) is 0 Å². The van der Waals surface area contributed by atoms with Crippen molar-refractivity contribution >= 4 is 39.2 Å². The summed E-state index contributed by atoms with van der Waals surface area (Å²) in [7, 11) is -11.4. The van der Waals surface area contributed by atoms with Crippen molar-refractivity contribution in [2.45, 2.75) is 217 Å². The Hall–Kier alpha value is -2.95. The van der Waals surface area contributed by atoms with Gasteiger partial charge in [0, 0.05) is 50.1 Å². The van der Waals surface area contributed by atoms with Crippen LogP contribution in [0.15, 0.2) is 29.2 Å². The fraction of sp³-hybridized carbons (Fsp3) is 0.816. The van der Waals surface area contributed by atoms with Gasteiger partial charge in [0.15, 0.2) is 6.10 Å². The molecule has 3 heterocycles. The number of anilines is 1. The van der Waals surface area contributed by atoms with E-state index in [2.05, 4.69) is 23.1 Å². The lowest BCUT2D eigenvalue weighted by molar-refractivity contribution is -0.196. The summed E-state index contributed by atoms with van der Waals surface area (Å²) < 4.78 is 58.7. The van der Waals surface area contributed by atoms with Crippen LogP contribution < -0.4 is 11.4 Å². The molecule has 9 N–H and O–H groups in total. The van der Waals surface area contributed by atoms with Gasteiger partial charge >= 0.3 is 33.3 Å². The fourth-order valence-corrected chi connectivity index (χ4v) is 10.9. The van der Waals surface area contributed by atoms with E-state index < -0.39 is 133 Å². The predicted molar refractivity (Wildman–Crippen MR) is 268 cm³/mol. The molecule has 1 aromatic rings. The van der Waals surface area contributed by atoms with Gasteiger partial charge in [-0.05, 0) is 37.7 Å². The van der Waals surface area contributed by atoms with E-state index in [1.807, 2.05) is 6.92 Å². The Morgan fingerprint density at radius 1 is 0.849 bits per heavy atom. The Morgan fingerprint density at radius 3 is 2.08 bits per heavy atom. The van der Waals surface area contributed by atoms with Crippen LogP contribution in [-0.2, 0) is 51.1 Å². The zero-order valence-electron chi connectivity index (χ0n) is 42.9. The van der Waals surface area contributed by atoms with Crippen LogP contribution in [-0.4, -0.2) is 125 Å². The number of cyclic esters (lactones) is 1. The Labute approximate surface area is 429 Å². The first-order valence-electron chi connectivity index (χ1n) is 26.2. The largest absolute Gasteiger partial charge is 0.481 e. The molecule has 420 valence electrons. The minimum absolute atomic E-state index is 0.0570. The van der Waals surface area contributed by atoms with Crippen molar-refractivity contribution in [3.05, 3.63) is 34.9 Å². The molecule has 0 saturated carbocycles. The number of aliphatic hydroxyl groups is 5. The van der Waals surface area contributed by atoms with Crippen molar-refractivity contribution in [2.75, 3.05) is 25.6 Å². The number of ketones is 1. The van der Waals surface area contributed by atoms with Crippen molar-refractivity contribution < 1.29 is 86.4 Å². The average molecular weight is 1080 g/mol. The number of phosphoric acid groups is 2. The molecular formula is C49H85N3O19P2. The highest BCUT2D eigenvalue weighted by molar-refractivity contribution is 7.61. The number of nitrogens with two attached hydrogens (primary N) is 1. The monoisotopic (exact) mass is 1080 g/mol. The number of ether oxygens (including phenoxy) is 3. The molecule has 0 aromatic carbocycles. The van der Waals surface area contributed by atoms with Crippen LogP contribution in [0, 0.1) is 17.8 Å². The first kappa shape index (κ1) is 64.3. The molecule has 0 radical (unpaired) electrons. The van der Waals surface area contributed by atoms with Gasteiger partial charge in [0.2, 0.25) is 0 Å². The molecule has 2 unspecified atom stereocenters. The van der Waals surface area contributed by atoms with E-state index in [1.54, 1.807) is 0 Å². The summed E-state index contributed by atoms with van der Waals surface area (Å²) in [5.41, 5.74) is 4.67. The highest BCUT2D eigenvalue weighted by atomic mass is 31.3. The summed E-state index contributed by atoms with van der Waals surface area (Å²) in [5.74, 6) is -4.41. The highest BCUT2D eigenvalue weighted by Crippen LogP contribution is 2.60. The summed E-state index contributed by atoms with van der Waals surface area (Å²) in [6.45, 7) is 3.61. The quantitative estimate of drug-likeness (QED) is 0.0260. The molecule has 22 nitrogen and oxygen atoms in total. The number of Topliss-reactive ketones (excluding diaryl/α,β-unsaturated/α-hetero) is 1. The van der Waals surface area contributed by atoms with Gasteiger partial charge in [-0.2, -0.15) is 9.29 Å². The van der Waals surface area contributed by atoms with Crippen molar-refractivity contribution in [2.24, 2.45) is 17.8 Å². The van der Waals surface area contributed by atoms with Gasteiger partial charge in [0.25, 0.3) is 0 Å². The maximum absolute atomic E-state index is 13.7. The molecule has 2 aliphatic heterocycles. The third-order valence-corrected chi connectivity index (χ3v) is 15.6. The predicted octanol–water partition coefficient (Wildman–Crippen LogP) is 6.25. The molecule has 3 rings (SSSR count). The molecule has 24 heteroatoms. The standard InChI is InChI=1S/C49H85N3O19P2/c1-4-5-15-21-35(53)25-26-38-40(55)30-41(56)39-29-36(54)22-18-19-24-45(58)69-37(31-66-44(57)23-17-14-12-10-8-6-7-9-11-13-16-20-34(2)3)32-67-72(62,63)71-73(64,65)68-33-42(47(60)46(38)59)70-48(39)52-28-27-43(50)51-49(52)61/h25-28,34-35,37-42,46-48,53,55-56,59-60H,4-24,29-33H2,1-3H3,(H,62,63)(H,64,65)(H2,50,51,61)/b26-25-/t35-,37+,38-,39-,40+,41-,42+,46-,47+,48+/m0/s1. The number of esters is 2. The molecule has 0 aliphatic carbocycles. The second-order valence-corrected chi connectivity index (χ2v) is 22.9. The second-order valence-electron chi connectivity index (χ2n) is 19.8. The first-order chi connectivity index (χ1) is 34.6. The van der Waals surface area contributed by atoms with E-state index in [9.17, 15) is 63.6 Å². The van der Waals surface area contributed by atoms with Gasteiger partial charge in [-0.3, -0.25) is 28.0 Å². The highest BCUT2D eigenvalue weighted by Gasteiger charge is 2.45. The number of rotatable bonds is 23. The van der Waals surface area contributed by atoms with E-state index in [0.29, 0.717) is 19.3 Å². The van der Waals surface area contributed by atoms with Gasteiger partial charge in [-0.1, -0.05) is 123 Å². The molecule has 2 saturated heterocycles. The lowest BCUT2D eigenvalue weighted by Gasteiger charge is -2.40. The minimum Gasteiger partial charge on any atom is -0.462 e. The zero-order chi connectivity index (χ0) is 54.0.